The Labute approximate surface area is 151 Å². The average Bonchev–Trinajstić information content (AvgIpc) is 2.76. The Balaban J connectivity index is 0.00000156. The predicted molar refractivity (Wildman–Crippen MR) is 90.8 cm³/mol. The van der Waals surface area contributed by atoms with Crippen LogP contribution in [0.5, 0.6) is 0 Å². The van der Waals surface area contributed by atoms with Gasteiger partial charge in [-0.2, -0.15) is 0 Å². The molecule has 1 nitrogen and oxygen atoms in total. The molecule has 1 aromatic heterocycles. The second-order valence-electron chi connectivity index (χ2n) is 6.56. The number of fused-ring (bicyclic) bond motifs is 3. The van der Waals surface area contributed by atoms with Gasteiger partial charge >= 0.3 is 0 Å². The van der Waals surface area contributed by atoms with Gasteiger partial charge in [0.1, 0.15) is 0 Å². The molecular formula is C21H18IrN-. The number of hydrogen-bond acceptors (Lipinski definition) is 1. The van der Waals surface area contributed by atoms with Crippen LogP contribution in [0.3, 0.4) is 0 Å². The molecule has 0 aliphatic heterocycles. The topological polar surface area (TPSA) is 12.9 Å². The summed E-state index contributed by atoms with van der Waals surface area (Å²) in [5.74, 6) is 0. The molecular weight excluding hydrogens is 458 g/mol. The minimum absolute atomic E-state index is 0. The molecule has 2 heteroatoms. The predicted octanol–water partition coefficient (Wildman–Crippen LogP) is 5.16. The molecule has 1 heterocycles. The summed E-state index contributed by atoms with van der Waals surface area (Å²) in [5.41, 5.74) is 8.81. The SMILES string of the molecule is Cc1ccc2c(c1)C(C)(C)c1cc(-c3ccccn3)[c-]cc1-2.[Ir]. The number of pyridine rings is 1. The van der Waals surface area contributed by atoms with Crippen molar-refractivity contribution in [1.29, 1.82) is 0 Å². The van der Waals surface area contributed by atoms with E-state index in [-0.39, 0.29) is 25.5 Å². The third-order valence-corrected chi connectivity index (χ3v) is 4.70. The van der Waals surface area contributed by atoms with E-state index < -0.39 is 0 Å². The molecule has 0 fully saturated rings. The van der Waals surface area contributed by atoms with E-state index in [0.29, 0.717) is 0 Å². The van der Waals surface area contributed by atoms with Crippen molar-refractivity contribution in [3.63, 3.8) is 0 Å². The van der Waals surface area contributed by atoms with Crippen molar-refractivity contribution < 1.29 is 20.1 Å². The summed E-state index contributed by atoms with van der Waals surface area (Å²) in [7, 11) is 0. The van der Waals surface area contributed by atoms with Crippen LogP contribution in [0.25, 0.3) is 22.4 Å². The van der Waals surface area contributed by atoms with Gasteiger partial charge in [0.05, 0.1) is 0 Å². The third kappa shape index (κ3) is 2.47. The van der Waals surface area contributed by atoms with Crippen LogP contribution in [0.1, 0.15) is 30.5 Å². The fraction of sp³-hybridized carbons (Fsp3) is 0.190. The standard InChI is InChI=1S/C21H18N.Ir/c1-14-7-9-16-17-10-8-15(20-6-4-5-11-22-20)13-19(17)21(2,3)18(16)12-14;/h4-7,9-13H,1-3H3;/q-1;. The summed E-state index contributed by atoms with van der Waals surface area (Å²) in [4.78, 5) is 4.45. The number of aryl methyl sites for hydroxylation is 1. The molecule has 4 rings (SSSR count). The molecule has 1 aliphatic rings. The maximum absolute atomic E-state index is 4.45. The van der Waals surface area contributed by atoms with Gasteiger partial charge in [0.2, 0.25) is 0 Å². The van der Waals surface area contributed by atoms with Gasteiger partial charge in [-0.25, -0.2) is 0 Å². The number of benzene rings is 2. The van der Waals surface area contributed by atoms with Crippen LogP contribution in [-0.4, -0.2) is 4.98 Å². The van der Waals surface area contributed by atoms with Crippen LogP contribution in [-0.2, 0) is 25.5 Å². The second kappa shape index (κ2) is 5.70. The Bertz CT molecular complexity index is 866. The van der Waals surface area contributed by atoms with Crippen LogP contribution >= 0.6 is 0 Å². The average molecular weight is 477 g/mol. The fourth-order valence-corrected chi connectivity index (χ4v) is 3.46. The Hall–Kier alpha value is -1.76. The molecule has 0 saturated heterocycles. The van der Waals surface area contributed by atoms with E-state index in [1.807, 2.05) is 24.4 Å². The second-order valence-corrected chi connectivity index (χ2v) is 6.56. The van der Waals surface area contributed by atoms with Gasteiger partial charge in [-0.3, -0.25) is 0 Å². The molecule has 0 amide bonds. The fourth-order valence-electron chi connectivity index (χ4n) is 3.46. The largest absolute Gasteiger partial charge is 0.305 e. The third-order valence-electron chi connectivity index (χ3n) is 4.70. The summed E-state index contributed by atoms with van der Waals surface area (Å²) < 4.78 is 0. The van der Waals surface area contributed by atoms with Crippen LogP contribution in [0.4, 0.5) is 0 Å². The zero-order valence-corrected chi connectivity index (χ0v) is 15.9. The molecule has 1 radical (unpaired) electrons. The van der Waals surface area contributed by atoms with Gasteiger partial charge in [0.15, 0.2) is 0 Å². The van der Waals surface area contributed by atoms with Crippen molar-refractivity contribution >= 4 is 0 Å². The van der Waals surface area contributed by atoms with Crippen LogP contribution in [0, 0.1) is 13.0 Å². The van der Waals surface area contributed by atoms with Crippen molar-refractivity contribution in [2.75, 3.05) is 0 Å². The molecule has 1 aliphatic carbocycles. The van der Waals surface area contributed by atoms with Crippen LogP contribution in [0.2, 0.25) is 0 Å². The van der Waals surface area contributed by atoms with Gasteiger partial charge < -0.3 is 4.98 Å². The Morgan fingerprint density at radius 2 is 1.74 bits per heavy atom. The summed E-state index contributed by atoms with van der Waals surface area (Å²) in [5, 5.41) is 0. The molecule has 23 heavy (non-hydrogen) atoms. The Morgan fingerprint density at radius 1 is 0.957 bits per heavy atom. The molecule has 0 N–H and O–H groups in total. The molecule has 0 unspecified atom stereocenters. The Morgan fingerprint density at radius 3 is 2.48 bits per heavy atom. The molecule has 0 bridgehead atoms. The summed E-state index contributed by atoms with van der Waals surface area (Å²) >= 11 is 0. The van der Waals surface area contributed by atoms with Gasteiger partial charge in [0.25, 0.3) is 0 Å². The molecule has 2 aromatic carbocycles. The monoisotopic (exact) mass is 477 g/mol. The number of hydrogen-bond donors (Lipinski definition) is 0. The first-order valence-corrected chi connectivity index (χ1v) is 7.66. The van der Waals surface area contributed by atoms with Crippen LogP contribution in [0.15, 0.2) is 54.7 Å². The van der Waals surface area contributed by atoms with Crippen molar-refractivity contribution in [3.8, 4) is 22.4 Å². The maximum Gasteiger partial charge on any atom is 0.0160 e. The van der Waals surface area contributed by atoms with Gasteiger partial charge in [-0.05, 0) is 29.7 Å². The van der Waals surface area contributed by atoms with Gasteiger partial charge in [-0.15, -0.1) is 29.3 Å². The number of rotatable bonds is 1. The zero-order valence-electron chi connectivity index (χ0n) is 13.5. The van der Waals surface area contributed by atoms with E-state index in [9.17, 15) is 0 Å². The quantitative estimate of drug-likeness (QED) is 0.442. The first-order chi connectivity index (χ1) is 10.6. The van der Waals surface area contributed by atoms with E-state index in [4.69, 9.17) is 0 Å². The minimum atomic E-state index is 0. The summed E-state index contributed by atoms with van der Waals surface area (Å²) in [6.07, 6.45) is 1.83. The molecule has 3 aromatic rings. The molecule has 0 spiro atoms. The first-order valence-electron chi connectivity index (χ1n) is 7.66. The van der Waals surface area contributed by atoms with Crippen molar-refractivity contribution in [2.24, 2.45) is 0 Å². The van der Waals surface area contributed by atoms with E-state index in [1.165, 1.54) is 27.8 Å². The Kier molecular flexibility index (Phi) is 4.00. The van der Waals surface area contributed by atoms with Crippen molar-refractivity contribution in [3.05, 3.63) is 77.5 Å². The molecule has 117 valence electrons. The first kappa shape index (κ1) is 16.1. The maximum atomic E-state index is 4.45. The van der Waals surface area contributed by atoms with Crippen molar-refractivity contribution in [2.45, 2.75) is 26.2 Å². The number of nitrogens with zero attached hydrogens (tertiary/aromatic N) is 1. The summed E-state index contributed by atoms with van der Waals surface area (Å²) in [6.45, 7) is 6.77. The van der Waals surface area contributed by atoms with Gasteiger partial charge in [-0.1, -0.05) is 60.9 Å². The van der Waals surface area contributed by atoms with E-state index in [1.54, 1.807) is 0 Å². The normalized spacial score (nSPS) is 13.9. The van der Waals surface area contributed by atoms with E-state index >= 15 is 0 Å². The zero-order chi connectivity index (χ0) is 15.3. The smallest absolute Gasteiger partial charge is 0.0160 e. The van der Waals surface area contributed by atoms with Gasteiger partial charge in [0, 0.05) is 26.3 Å². The molecule has 0 saturated carbocycles. The van der Waals surface area contributed by atoms with E-state index in [2.05, 4.69) is 62.2 Å². The van der Waals surface area contributed by atoms with E-state index in [0.717, 1.165) is 11.3 Å². The van der Waals surface area contributed by atoms with Crippen LogP contribution < -0.4 is 0 Å². The summed E-state index contributed by atoms with van der Waals surface area (Å²) in [6, 6.07) is 20.6. The van der Waals surface area contributed by atoms with Crippen molar-refractivity contribution in [1.82, 2.24) is 4.98 Å². The minimum Gasteiger partial charge on any atom is -0.305 e. The number of aromatic nitrogens is 1. The molecule has 0 atom stereocenters.